The SMILES string of the molecule is Cc1csc(COC(=O)c2cc(F)c(N)cc2F)n1. The monoisotopic (exact) mass is 284 g/mol. The number of nitrogens with two attached hydrogens (primary N) is 1. The summed E-state index contributed by atoms with van der Waals surface area (Å²) in [6.07, 6.45) is 0. The van der Waals surface area contributed by atoms with Crippen molar-refractivity contribution in [3.05, 3.63) is 45.4 Å². The van der Waals surface area contributed by atoms with Gasteiger partial charge in [-0.15, -0.1) is 11.3 Å². The zero-order valence-corrected chi connectivity index (χ0v) is 10.8. The van der Waals surface area contributed by atoms with E-state index in [2.05, 4.69) is 4.98 Å². The van der Waals surface area contributed by atoms with E-state index in [1.165, 1.54) is 11.3 Å². The van der Waals surface area contributed by atoms with Crippen LogP contribution in [0, 0.1) is 18.6 Å². The molecule has 7 heteroatoms. The summed E-state index contributed by atoms with van der Waals surface area (Å²) in [5.74, 6) is -2.73. The quantitative estimate of drug-likeness (QED) is 0.695. The number of anilines is 1. The van der Waals surface area contributed by atoms with E-state index in [1.807, 2.05) is 0 Å². The van der Waals surface area contributed by atoms with E-state index < -0.39 is 23.2 Å². The minimum atomic E-state index is -0.954. The van der Waals surface area contributed by atoms with Gasteiger partial charge in [-0.3, -0.25) is 0 Å². The van der Waals surface area contributed by atoms with E-state index in [1.54, 1.807) is 12.3 Å². The second kappa shape index (κ2) is 5.31. The number of rotatable bonds is 3. The highest BCUT2D eigenvalue weighted by molar-refractivity contribution is 7.09. The Bertz CT molecular complexity index is 628. The van der Waals surface area contributed by atoms with Gasteiger partial charge in [0, 0.05) is 17.1 Å². The Morgan fingerprint density at radius 2 is 2.16 bits per heavy atom. The molecule has 100 valence electrons. The van der Waals surface area contributed by atoms with E-state index in [9.17, 15) is 13.6 Å². The molecule has 0 radical (unpaired) electrons. The van der Waals surface area contributed by atoms with Gasteiger partial charge in [0.1, 0.15) is 23.2 Å². The average molecular weight is 284 g/mol. The fourth-order valence-corrected chi connectivity index (χ4v) is 2.08. The normalized spacial score (nSPS) is 10.5. The first-order chi connectivity index (χ1) is 8.97. The summed E-state index contributed by atoms with van der Waals surface area (Å²) < 4.78 is 31.5. The standard InChI is InChI=1S/C12H10F2N2O2S/c1-6-5-19-11(16-6)4-18-12(17)7-2-9(14)10(15)3-8(7)13/h2-3,5H,4,15H2,1H3. The lowest BCUT2D eigenvalue weighted by Gasteiger charge is -2.05. The molecule has 0 saturated heterocycles. The smallest absolute Gasteiger partial charge is 0.341 e. The van der Waals surface area contributed by atoms with Crippen LogP contribution in [-0.2, 0) is 11.3 Å². The maximum Gasteiger partial charge on any atom is 0.341 e. The van der Waals surface area contributed by atoms with Gasteiger partial charge in [-0.2, -0.15) is 0 Å². The van der Waals surface area contributed by atoms with E-state index in [-0.39, 0.29) is 12.3 Å². The number of benzene rings is 1. The number of aryl methyl sites for hydroxylation is 1. The molecule has 0 aliphatic heterocycles. The zero-order valence-electron chi connectivity index (χ0n) is 9.94. The highest BCUT2D eigenvalue weighted by atomic mass is 32.1. The molecule has 0 amide bonds. The van der Waals surface area contributed by atoms with Crippen LogP contribution in [0.2, 0.25) is 0 Å². The molecule has 4 nitrogen and oxygen atoms in total. The first-order valence-corrected chi connectivity index (χ1v) is 6.18. The third kappa shape index (κ3) is 3.05. The number of carbonyl (C=O) groups is 1. The largest absolute Gasteiger partial charge is 0.455 e. The molecule has 19 heavy (non-hydrogen) atoms. The molecule has 0 aliphatic rings. The van der Waals surface area contributed by atoms with Gasteiger partial charge in [0.05, 0.1) is 11.3 Å². The summed E-state index contributed by atoms with van der Waals surface area (Å²) in [5, 5.41) is 2.38. The fraction of sp³-hybridized carbons (Fsp3) is 0.167. The minimum absolute atomic E-state index is 0.0806. The lowest BCUT2D eigenvalue weighted by Crippen LogP contribution is -2.09. The van der Waals surface area contributed by atoms with Gasteiger partial charge in [-0.25, -0.2) is 18.6 Å². The number of nitrogen functional groups attached to an aromatic ring is 1. The van der Waals surface area contributed by atoms with Crippen LogP contribution in [0.4, 0.5) is 14.5 Å². The Labute approximate surface area is 111 Å². The van der Waals surface area contributed by atoms with Gasteiger partial charge < -0.3 is 10.5 Å². The number of ether oxygens (including phenoxy) is 1. The molecule has 2 aromatic rings. The molecular formula is C12H10F2N2O2S. The van der Waals surface area contributed by atoms with Crippen LogP contribution in [0.1, 0.15) is 21.1 Å². The number of halogens is 2. The van der Waals surface area contributed by atoms with Crippen LogP contribution in [0.25, 0.3) is 0 Å². The Hall–Kier alpha value is -2.02. The van der Waals surface area contributed by atoms with E-state index in [0.717, 1.165) is 17.8 Å². The number of nitrogens with zero attached hydrogens (tertiary/aromatic N) is 1. The lowest BCUT2D eigenvalue weighted by molar-refractivity contribution is 0.0466. The predicted octanol–water partition coefficient (Wildman–Crippen LogP) is 2.67. The van der Waals surface area contributed by atoms with Crippen molar-refractivity contribution >= 4 is 23.0 Å². The van der Waals surface area contributed by atoms with Crippen molar-refractivity contribution in [2.45, 2.75) is 13.5 Å². The molecule has 0 unspecified atom stereocenters. The molecule has 1 aromatic carbocycles. The fourth-order valence-electron chi connectivity index (χ4n) is 1.39. The van der Waals surface area contributed by atoms with Crippen molar-refractivity contribution in [2.24, 2.45) is 0 Å². The number of hydrogen-bond donors (Lipinski definition) is 1. The third-order valence-corrected chi connectivity index (χ3v) is 3.24. The first kappa shape index (κ1) is 13.4. The zero-order chi connectivity index (χ0) is 14.0. The maximum atomic E-state index is 13.5. The van der Waals surface area contributed by atoms with Crippen molar-refractivity contribution in [1.29, 1.82) is 0 Å². The van der Waals surface area contributed by atoms with Crippen molar-refractivity contribution < 1.29 is 18.3 Å². The summed E-state index contributed by atoms with van der Waals surface area (Å²) in [5.41, 5.74) is 5.15. The molecule has 0 saturated carbocycles. The Morgan fingerprint density at radius 3 is 2.79 bits per heavy atom. The lowest BCUT2D eigenvalue weighted by atomic mass is 10.2. The molecule has 0 spiro atoms. The second-order valence-corrected chi connectivity index (χ2v) is 4.75. The molecule has 1 heterocycles. The van der Waals surface area contributed by atoms with Crippen LogP contribution in [-0.4, -0.2) is 11.0 Å². The van der Waals surface area contributed by atoms with E-state index >= 15 is 0 Å². The van der Waals surface area contributed by atoms with Gasteiger partial charge in [0.2, 0.25) is 0 Å². The summed E-state index contributed by atoms with van der Waals surface area (Å²) in [6, 6.07) is 1.47. The molecule has 0 bridgehead atoms. The van der Waals surface area contributed by atoms with Gasteiger partial charge in [-0.05, 0) is 13.0 Å². The Balaban J connectivity index is 2.10. The van der Waals surface area contributed by atoms with Crippen LogP contribution in [0.15, 0.2) is 17.5 Å². The van der Waals surface area contributed by atoms with Crippen molar-refractivity contribution in [3.8, 4) is 0 Å². The molecule has 1 aromatic heterocycles. The van der Waals surface area contributed by atoms with Crippen LogP contribution in [0.5, 0.6) is 0 Å². The molecule has 2 N–H and O–H groups in total. The topological polar surface area (TPSA) is 65.2 Å². The van der Waals surface area contributed by atoms with Crippen LogP contribution in [0.3, 0.4) is 0 Å². The Kier molecular flexibility index (Phi) is 3.75. The number of esters is 1. The van der Waals surface area contributed by atoms with Crippen LogP contribution < -0.4 is 5.73 Å². The van der Waals surface area contributed by atoms with Crippen LogP contribution >= 0.6 is 11.3 Å². The highest BCUT2D eigenvalue weighted by Gasteiger charge is 2.17. The average Bonchev–Trinajstić information content (AvgIpc) is 2.77. The van der Waals surface area contributed by atoms with Gasteiger partial charge >= 0.3 is 5.97 Å². The molecular weight excluding hydrogens is 274 g/mol. The number of thiazole rings is 1. The van der Waals surface area contributed by atoms with Crippen molar-refractivity contribution in [1.82, 2.24) is 4.98 Å². The molecule has 2 rings (SSSR count). The number of hydrogen-bond acceptors (Lipinski definition) is 5. The van der Waals surface area contributed by atoms with E-state index in [0.29, 0.717) is 5.01 Å². The summed E-state index contributed by atoms with van der Waals surface area (Å²) in [7, 11) is 0. The van der Waals surface area contributed by atoms with Gasteiger partial charge in [-0.1, -0.05) is 0 Å². The molecule has 0 atom stereocenters. The van der Waals surface area contributed by atoms with Crippen molar-refractivity contribution in [3.63, 3.8) is 0 Å². The van der Waals surface area contributed by atoms with Gasteiger partial charge in [0.25, 0.3) is 0 Å². The predicted molar refractivity (Wildman–Crippen MR) is 66.7 cm³/mol. The molecule has 0 aliphatic carbocycles. The van der Waals surface area contributed by atoms with Gasteiger partial charge in [0.15, 0.2) is 0 Å². The second-order valence-electron chi connectivity index (χ2n) is 3.81. The minimum Gasteiger partial charge on any atom is -0.455 e. The number of carbonyl (C=O) groups excluding carboxylic acids is 1. The first-order valence-electron chi connectivity index (χ1n) is 5.30. The number of aromatic nitrogens is 1. The maximum absolute atomic E-state index is 13.5. The van der Waals surface area contributed by atoms with Crippen molar-refractivity contribution in [2.75, 3.05) is 5.73 Å². The summed E-state index contributed by atoms with van der Waals surface area (Å²) in [6.45, 7) is 1.72. The third-order valence-electron chi connectivity index (χ3n) is 2.30. The highest BCUT2D eigenvalue weighted by Crippen LogP contribution is 2.18. The van der Waals surface area contributed by atoms with E-state index in [4.69, 9.17) is 10.5 Å². The molecule has 0 fully saturated rings. The Morgan fingerprint density at radius 1 is 1.42 bits per heavy atom. The summed E-state index contributed by atoms with van der Waals surface area (Å²) >= 11 is 1.32. The summed E-state index contributed by atoms with van der Waals surface area (Å²) in [4.78, 5) is 15.7.